The molecule has 1 heterocycles. The van der Waals surface area contributed by atoms with Gasteiger partial charge in [-0.3, -0.25) is 0 Å². The van der Waals surface area contributed by atoms with Crippen LogP contribution in [0.3, 0.4) is 0 Å². The number of aromatic nitrogens is 2. The van der Waals surface area contributed by atoms with Gasteiger partial charge in [0.25, 0.3) is 0 Å². The van der Waals surface area contributed by atoms with Crippen molar-refractivity contribution in [3.8, 4) is 0 Å². The molecule has 0 saturated carbocycles. The van der Waals surface area contributed by atoms with E-state index in [1.54, 1.807) is 20.2 Å². The highest BCUT2D eigenvalue weighted by Crippen LogP contribution is 2.22. The molecule has 0 aliphatic carbocycles. The van der Waals surface area contributed by atoms with Crippen LogP contribution in [0.5, 0.6) is 0 Å². The second-order valence-corrected chi connectivity index (χ2v) is 4.27. The first-order valence-corrected chi connectivity index (χ1v) is 5.68. The third-order valence-corrected chi connectivity index (χ3v) is 2.33. The largest absolute Gasteiger partial charge is 0.390 e. The van der Waals surface area contributed by atoms with Gasteiger partial charge in [-0.2, -0.15) is 13.2 Å². The van der Waals surface area contributed by atoms with Crippen LogP contribution >= 0.6 is 0 Å². The summed E-state index contributed by atoms with van der Waals surface area (Å²) in [5.74, 6) is 0.446. The summed E-state index contributed by atoms with van der Waals surface area (Å²) in [7, 11) is 1.57. The summed E-state index contributed by atoms with van der Waals surface area (Å²) in [6, 6.07) is -0.0126. The van der Waals surface area contributed by atoms with Gasteiger partial charge >= 0.3 is 6.18 Å². The van der Waals surface area contributed by atoms with E-state index in [2.05, 4.69) is 10.3 Å². The van der Waals surface area contributed by atoms with Crippen molar-refractivity contribution in [2.75, 3.05) is 19.0 Å². The molecule has 0 amide bonds. The number of rotatable bonds is 6. The van der Waals surface area contributed by atoms with Gasteiger partial charge in [0.1, 0.15) is 0 Å². The first kappa shape index (κ1) is 14.8. The molecule has 104 valence electrons. The first-order valence-electron chi connectivity index (χ1n) is 5.68. The third-order valence-electron chi connectivity index (χ3n) is 2.33. The van der Waals surface area contributed by atoms with Gasteiger partial charge in [-0.05, 0) is 13.8 Å². The SMILES string of the molecule is COCC(C)Nc1nc(C)cn1CCC(F)(F)F. The minimum absolute atomic E-state index is 0.0126. The molecule has 0 aromatic carbocycles. The van der Waals surface area contributed by atoms with Crippen LogP contribution in [-0.2, 0) is 11.3 Å². The Morgan fingerprint density at radius 1 is 1.50 bits per heavy atom. The van der Waals surface area contributed by atoms with E-state index in [0.29, 0.717) is 18.2 Å². The van der Waals surface area contributed by atoms with E-state index < -0.39 is 12.6 Å². The number of aryl methyl sites for hydroxylation is 2. The van der Waals surface area contributed by atoms with Crippen molar-refractivity contribution >= 4 is 5.95 Å². The predicted octanol–water partition coefficient (Wildman–Crippen LogP) is 2.59. The van der Waals surface area contributed by atoms with Crippen LogP contribution in [-0.4, -0.2) is 35.5 Å². The lowest BCUT2D eigenvalue weighted by Crippen LogP contribution is -2.23. The Morgan fingerprint density at radius 2 is 2.17 bits per heavy atom. The van der Waals surface area contributed by atoms with Crippen molar-refractivity contribution in [2.45, 2.75) is 39.0 Å². The van der Waals surface area contributed by atoms with E-state index in [1.165, 1.54) is 4.57 Å². The zero-order valence-corrected chi connectivity index (χ0v) is 10.7. The number of alkyl halides is 3. The van der Waals surface area contributed by atoms with Crippen LogP contribution in [0.2, 0.25) is 0 Å². The molecule has 0 bridgehead atoms. The van der Waals surface area contributed by atoms with Gasteiger partial charge in [-0.25, -0.2) is 4.98 Å². The lowest BCUT2D eigenvalue weighted by Gasteiger charge is -2.15. The van der Waals surface area contributed by atoms with Gasteiger partial charge in [-0.15, -0.1) is 0 Å². The standard InChI is InChI=1S/C11H18F3N3O/c1-8-6-17(5-4-11(12,13)14)10(15-8)16-9(2)7-18-3/h6,9H,4-5,7H2,1-3H3,(H,15,16). The van der Waals surface area contributed by atoms with E-state index >= 15 is 0 Å². The van der Waals surface area contributed by atoms with Gasteiger partial charge in [-0.1, -0.05) is 0 Å². The number of anilines is 1. The number of hydrogen-bond acceptors (Lipinski definition) is 3. The van der Waals surface area contributed by atoms with Crippen LogP contribution < -0.4 is 5.32 Å². The first-order chi connectivity index (χ1) is 8.31. The van der Waals surface area contributed by atoms with Crippen LogP contribution in [0.1, 0.15) is 19.0 Å². The maximum Gasteiger partial charge on any atom is 0.390 e. The molecule has 1 unspecified atom stereocenters. The van der Waals surface area contributed by atoms with Crippen LogP contribution in [0.4, 0.5) is 19.1 Å². The number of halogens is 3. The van der Waals surface area contributed by atoms with Crippen LogP contribution in [0.15, 0.2) is 6.20 Å². The van der Waals surface area contributed by atoms with Gasteiger partial charge in [0, 0.05) is 25.9 Å². The van der Waals surface area contributed by atoms with E-state index in [4.69, 9.17) is 4.74 Å². The third kappa shape index (κ3) is 4.95. The summed E-state index contributed by atoms with van der Waals surface area (Å²) in [5, 5.41) is 3.03. The molecule has 0 saturated heterocycles. The molecule has 1 N–H and O–H groups in total. The molecular formula is C11H18F3N3O. The Balaban J connectivity index is 2.67. The Kier molecular flexibility index (Phi) is 5.01. The van der Waals surface area contributed by atoms with Crippen molar-refractivity contribution in [2.24, 2.45) is 0 Å². The molecule has 1 aromatic rings. The lowest BCUT2D eigenvalue weighted by molar-refractivity contribution is -0.136. The number of methoxy groups -OCH3 is 1. The molecule has 0 radical (unpaired) electrons. The summed E-state index contributed by atoms with van der Waals surface area (Å²) in [6.07, 6.45) is -3.42. The van der Waals surface area contributed by atoms with Gasteiger partial charge in [0.05, 0.1) is 18.7 Å². The summed E-state index contributed by atoms with van der Waals surface area (Å²) >= 11 is 0. The quantitative estimate of drug-likeness (QED) is 0.859. The fraction of sp³-hybridized carbons (Fsp3) is 0.727. The van der Waals surface area contributed by atoms with Crippen LogP contribution in [0, 0.1) is 6.92 Å². The van der Waals surface area contributed by atoms with Gasteiger partial charge in [0.15, 0.2) is 0 Å². The van der Waals surface area contributed by atoms with Crippen molar-refractivity contribution < 1.29 is 17.9 Å². The zero-order valence-electron chi connectivity index (χ0n) is 10.7. The fourth-order valence-electron chi connectivity index (χ4n) is 1.59. The maximum absolute atomic E-state index is 12.2. The number of nitrogens with one attached hydrogen (secondary N) is 1. The number of ether oxygens (including phenoxy) is 1. The van der Waals surface area contributed by atoms with Crippen molar-refractivity contribution in [3.05, 3.63) is 11.9 Å². The Morgan fingerprint density at radius 3 is 2.72 bits per heavy atom. The molecule has 1 atom stereocenters. The molecule has 18 heavy (non-hydrogen) atoms. The second kappa shape index (κ2) is 6.08. The highest BCUT2D eigenvalue weighted by molar-refractivity contribution is 5.30. The van der Waals surface area contributed by atoms with E-state index in [0.717, 1.165) is 0 Å². The van der Waals surface area contributed by atoms with E-state index in [9.17, 15) is 13.2 Å². The van der Waals surface area contributed by atoms with Crippen molar-refractivity contribution in [1.82, 2.24) is 9.55 Å². The Bertz CT molecular complexity index is 376. The summed E-state index contributed by atoms with van der Waals surface area (Å²) in [5.41, 5.74) is 0.685. The minimum atomic E-state index is -4.16. The van der Waals surface area contributed by atoms with Gasteiger partial charge < -0.3 is 14.6 Å². The second-order valence-electron chi connectivity index (χ2n) is 4.27. The Labute approximate surface area is 104 Å². The molecule has 1 aromatic heterocycles. The van der Waals surface area contributed by atoms with Crippen LogP contribution in [0.25, 0.3) is 0 Å². The fourth-order valence-corrected chi connectivity index (χ4v) is 1.59. The molecule has 7 heteroatoms. The monoisotopic (exact) mass is 265 g/mol. The zero-order chi connectivity index (χ0) is 13.8. The number of imidazole rings is 1. The maximum atomic E-state index is 12.2. The molecule has 0 aliphatic rings. The average Bonchev–Trinajstić information content (AvgIpc) is 2.55. The Hall–Kier alpha value is -1.24. The minimum Gasteiger partial charge on any atom is -0.383 e. The normalized spacial score (nSPS) is 13.7. The van der Waals surface area contributed by atoms with Gasteiger partial charge in [0.2, 0.25) is 5.95 Å². The highest BCUT2D eigenvalue weighted by atomic mass is 19.4. The smallest absolute Gasteiger partial charge is 0.383 e. The van der Waals surface area contributed by atoms with E-state index in [-0.39, 0.29) is 12.6 Å². The predicted molar refractivity (Wildman–Crippen MR) is 62.6 cm³/mol. The molecule has 4 nitrogen and oxygen atoms in total. The lowest BCUT2D eigenvalue weighted by atomic mass is 10.4. The topological polar surface area (TPSA) is 39.1 Å². The highest BCUT2D eigenvalue weighted by Gasteiger charge is 2.27. The summed E-state index contributed by atoms with van der Waals surface area (Å²) in [4.78, 5) is 4.16. The molecule has 0 aliphatic heterocycles. The summed E-state index contributed by atoms with van der Waals surface area (Å²) in [6.45, 7) is 3.95. The molecular weight excluding hydrogens is 247 g/mol. The molecule has 1 rings (SSSR count). The number of hydrogen-bond donors (Lipinski definition) is 1. The molecule has 0 spiro atoms. The van der Waals surface area contributed by atoms with E-state index in [1.807, 2.05) is 6.92 Å². The number of nitrogens with zero attached hydrogens (tertiary/aromatic N) is 2. The summed E-state index contributed by atoms with van der Waals surface area (Å²) < 4.78 is 43.0. The molecule has 0 fully saturated rings. The van der Waals surface area contributed by atoms with Crippen molar-refractivity contribution in [1.29, 1.82) is 0 Å². The van der Waals surface area contributed by atoms with Crippen molar-refractivity contribution in [3.63, 3.8) is 0 Å². The average molecular weight is 265 g/mol.